The first-order valence-corrected chi connectivity index (χ1v) is 9.63. The molecule has 0 aromatic carbocycles. The SMILES string of the molecule is O=C(NC1CC1)C1CCCN1Cc1csc(-c2ccsc2)n1. The van der Waals surface area contributed by atoms with E-state index in [1.807, 2.05) is 0 Å². The Morgan fingerprint density at radius 3 is 3.05 bits per heavy atom. The van der Waals surface area contributed by atoms with Gasteiger partial charge in [-0.25, -0.2) is 4.98 Å². The molecule has 2 aliphatic rings. The first kappa shape index (κ1) is 14.4. The third kappa shape index (κ3) is 3.09. The topological polar surface area (TPSA) is 45.2 Å². The number of hydrogen-bond donors (Lipinski definition) is 1. The van der Waals surface area contributed by atoms with E-state index in [0.29, 0.717) is 6.04 Å². The molecule has 1 saturated carbocycles. The number of nitrogens with zero attached hydrogens (tertiary/aromatic N) is 2. The Bertz CT molecular complexity index is 648. The van der Waals surface area contributed by atoms with E-state index in [-0.39, 0.29) is 11.9 Å². The van der Waals surface area contributed by atoms with Crippen LogP contribution in [0.25, 0.3) is 10.6 Å². The van der Waals surface area contributed by atoms with Crippen LogP contribution in [0.15, 0.2) is 22.2 Å². The Kier molecular flexibility index (Phi) is 3.98. The van der Waals surface area contributed by atoms with Crippen molar-refractivity contribution in [1.29, 1.82) is 0 Å². The van der Waals surface area contributed by atoms with E-state index in [0.717, 1.165) is 49.5 Å². The number of hydrogen-bond acceptors (Lipinski definition) is 5. The van der Waals surface area contributed by atoms with Crippen LogP contribution < -0.4 is 5.32 Å². The van der Waals surface area contributed by atoms with Crippen LogP contribution in [0.3, 0.4) is 0 Å². The zero-order valence-corrected chi connectivity index (χ0v) is 14.0. The smallest absolute Gasteiger partial charge is 0.237 e. The number of carbonyl (C=O) groups is 1. The molecular weight excluding hydrogens is 314 g/mol. The van der Waals surface area contributed by atoms with Gasteiger partial charge in [-0.3, -0.25) is 9.69 Å². The summed E-state index contributed by atoms with van der Waals surface area (Å²) in [5.74, 6) is 0.216. The minimum absolute atomic E-state index is 0.0342. The third-order valence-electron chi connectivity index (χ3n) is 4.28. The molecular formula is C16H19N3OS2. The van der Waals surface area contributed by atoms with Gasteiger partial charge in [-0.2, -0.15) is 11.3 Å². The molecule has 1 aliphatic heterocycles. The van der Waals surface area contributed by atoms with Gasteiger partial charge in [0.05, 0.1) is 11.7 Å². The highest BCUT2D eigenvalue weighted by Gasteiger charge is 2.34. The Morgan fingerprint density at radius 2 is 2.27 bits per heavy atom. The maximum Gasteiger partial charge on any atom is 0.237 e. The molecule has 1 unspecified atom stereocenters. The van der Waals surface area contributed by atoms with E-state index < -0.39 is 0 Å². The van der Waals surface area contributed by atoms with Crippen LogP contribution in [-0.4, -0.2) is 34.4 Å². The van der Waals surface area contributed by atoms with Gasteiger partial charge >= 0.3 is 0 Å². The minimum atomic E-state index is 0.0342. The summed E-state index contributed by atoms with van der Waals surface area (Å²) in [6.07, 6.45) is 4.37. The summed E-state index contributed by atoms with van der Waals surface area (Å²) in [5.41, 5.74) is 2.28. The fourth-order valence-corrected chi connectivity index (χ4v) is 4.47. The van der Waals surface area contributed by atoms with Crippen LogP contribution >= 0.6 is 22.7 Å². The number of thiazole rings is 1. The van der Waals surface area contributed by atoms with Crippen LogP contribution in [-0.2, 0) is 11.3 Å². The number of likely N-dealkylation sites (tertiary alicyclic amines) is 1. The van der Waals surface area contributed by atoms with E-state index in [1.54, 1.807) is 22.7 Å². The molecule has 3 heterocycles. The Hall–Kier alpha value is -1.24. The van der Waals surface area contributed by atoms with Crippen molar-refractivity contribution in [2.45, 2.75) is 44.3 Å². The molecule has 1 atom stereocenters. The molecule has 2 fully saturated rings. The number of carbonyl (C=O) groups excluding carboxylic acids is 1. The van der Waals surface area contributed by atoms with Crippen molar-refractivity contribution in [1.82, 2.24) is 15.2 Å². The summed E-state index contributed by atoms with van der Waals surface area (Å²) >= 11 is 3.39. The molecule has 22 heavy (non-hydrogen) atoms. The van der Waals surface area contributed by atoms with Crippen LogP contribution in [0.2, 0.25) is 0 Å². The second kappa shape index (κ2) is 6.10. The van der Waals surface area contributed by atoms with Crippen molar-refractivity contribution in [3.63, 3.8) is 0 Å². The Balaban J connectivity index is 1.42. The largest absolute Gasteiger partial charge is 0.352 e. The van der Waals surface area contributed by atoms with E-state index >= 15 is 0 Å². The van der Waals surface area contributed by atoms with Gasteiger partial charge in [-0.15, -0.1) is 11.3 Å². The van der Waals surface area contributed by atoms with Crippen molar-refractivity contribution >= 4 is 28.6 Å². The normalized spacial score (nSPS) is 22.1. The third-order valence-corrected chi connectivity index (χ3v) is 5.90. The maximum absolute atomic E-state index is 12.3. The Labute approximate surface area is 138 Å². The van der Waals surface area contributed by atoms with Crippen molar-refractivity contribution in [3.8, 4) is 10.6 Å². The Morgan fingerprint density at radius 1 is 1.36 bits per heavy atom. The lowest BCUT2D eigenvalue weighted by molar-refractivity contribution is -0.125. The molecule has 0 bridgehead atoms. The number of thiophene rings is 1. The summed E-state index contributed by atoms with van der Waals surface area (Å²) in [5, 5.41) is 10.6. The second-order valence-electron chi connectivity index (χ2n) is 6.07. The molecule has 1 amide bonds. The molecule has 2 aromatic heterocycles. The fourth-order valence-electron chi connectivity index (χ4n) is 2.94. The number of nitrogens with one attached hydrogen (secondary N) is 1. The van der Waals surface area contributed by atoms with Crippen molar-refractivity contribution in [2.75, 3.05) is 6.54 Å². The zero-order valence-electron chi connectivity index (χ0n) is 12.3. The van der Waals surface area contributed by atoms with Gasteiger partial charge in [-0.05, 0) is 43.7 Å². The van der Waals surface area contributed by atoms with E-state index in [1.165, 1.54) is 5.56 Å². The molecule has 0 radical (unpaired) electrons. The predicted octanol–water partition coefficient (Wildman–Crippen LogP) is 3.11. The van der Waals surface area contributed by atoms with E-state index in [2.05, 4.69) is 32.4 Å². The molecule has 6 heteroatoms. The molecule has 4 rings (SSSR count). The van der Waals surface area contributed by atoms with Crippen molar-refractivity contribution in [3.05, 3.63) is 27.9 Å². The highest BCUT2D eigenvalue weighted by Crippen LogP contribution is 2.28. The summed E-state index contributed by atoms with van der Waals surface area (Å²) in [6.45, 7) is 1.78. The second-order valence-corrected chi connectivity index (χ2v) is 7.71. The number of amides is 1. The van der Waals surface area contributed by atoms with Crippen molar-refractivity contribution in [2.24, 2.45) is 0 Å². The lowest BCUT2D eigenvalue weighted by atomic mass is 10.2. The molecule has 1 N–H and O–H groups in total. The van der Waals surface area contributed by atoms with Crippen molar-refractivity contribution < 1.29 is 4.79 Å². The maximum atomic E-state index is 12.3. The predicted molar refractivity (Wildman–Crippen MR) is 90.0 cm³/mol. The highest BCUT2D eigenvalue weighted by atomic mass is 32.1. The molecule has 1 aliphatic carbocycles. The highest BCUT2D eigenvalue weighted by molar-refractivity contribution is 7.14. The quantitative estimate of drug-likeness (QED) is 0.914. The standard InChI is InChI=1S/C16H19N3OS2/c20-15(17-12-3-4-12)14-2-1-6-19(14)8-13-10-22-16(18-13)11-5-7-21-9-11/h5,7,9-10,12,14H,1-4,6,8H2,(H,17,20). The average Bonchev–Trinajstić information content (AvgIpc) is 2.98. The van der Waals surface area contributed by atoms with E-state index in [4.69, 9.17) is 4.98 Å². The minimum Gasteiger partial charge on any atom is -0.352 e. The zero-order chi connectivity index (χ0) is 14.9. The molecule has 116 valence electrons. The average molecular weight is 333 g/mol. The van der Waals surface area contributed by atoms with Crippen LogP contribution in [0.1, 0.15) is 31.4 Å². The first-order chi connectivity index (χ1) is 10.8. The van der Waals surface area contributed by atoms with Crippen LogP contribution in [0.4, 0.5) is 0 Å². The first-order valence-electron chi connectivity index (χ1n) is 7.81. The van der Waals surface area contributed by atoms with Crippen LogP contribution in [0, 0.1) is 0 Å². The van der Waals surface area contributed by atoms with E-state index in [9.17, 15) is 4.79 Å². The van der Waals surface area contributed by atoms with Gasteiger partial charge in [0, 0.05) is 28.9 Å². The summed E-state index contributed by atoms with van der Waals surface area (Å²) in [4.78, 5) is 19.3. The number of aromatic nitrogens is 1. The van der Waals surface area contributed by atoms with Gasteiger partial charge in [-0.1, -0.05) is 0 Å². The van der Waals surface area contributed by atoms with Gasteiger partial charge in [0.15, 0.2) is 0 Å². The summed E-state index contributed by atoms with van der Waals surface area (Å²) in [6, 6.07) is 2.58. The van der Waals surface area contributed by atoms with Gasteiger partial charge < -0.3 is 5.32 Å². The lowest BCUT2D eigenvalue weighted by Gasteiger charge is -2.22. The summed E-state index contributed by atoms with van der Waals surface area (Å²) in [7, 11) is 0. The fraction of sp³-hybridized carbons (Fsp3) is 0.500. The molecule has 2 aromatic rings. The number of rotatable bonds is 5. The monoisotopic (exact) mass is 333 g/mol. The molecule has 0 spiro atoms. The van der Waals surface area contributed by atoms with Gasteiger partial charge in [0.1, 0.15) is 5.01 Å². The van der Waals surface area contributed by atoms with Crippen LogP contribution in [0.5, 0.6) is 0 Å². The molecule has 1 saturated heterocycles. The molecule has 4 nitrogen and oxygen atoms in total. The summed E-state index contributed by atoms with van der Waals surface area (Å²) < 4.78 is 0. The van der Waals surface area contributed by atoms with Gasteiger partial charge in [0.2, 0.25) is 5.91 Å². The van der Waals surface area contributed by atoms with Gasteiger partial charge in [0.25, 0.3) is 0 Å². The lowest BCUT2D eigenvalue weighted by Crippen LogP contribution is -2.43.